The molecule has 0 aliphatic rings. The SMILES string of the molecule is CCN(CC)c1ccc(/C=C(/NC(=O)c2ccc(NC(C)=O)cc2)C(=O)NN)cc1. The van der Waals surface area contributed by atoms with E-state index in [0.29, 0.717) is 11.3 Å². The standard InChI is InChI=1S/C22H27N5O3/c1-4-27(5-2)19-12-6-16(7-13-19)14-20(22(30)26-23)25-21(29)17-8-10-18(11-9-17)24-15(3)28/h6-14H,4-5,23H2,1-3H3,(H,24,28)(H,25,29)(H,26,30)/b20-14+. The van der Waals surface area contributed by atoms with Crippen LogP contribution in [0.15, 0.2) is 54.2 Å². The number of carbonyl (C=O) groups is 3. The zero-order valence-corrected chi connectivity index (χ0v) is 17.4. The summed E-state index contributed by atoms with van der Waals surface area (Å²) in [6, 6.07) is 14.0. The first kappa shape index (κ1) is 22.6. The number of benzene rings is 2. The Labute approximate surface area is 176 Å². The van der Waals surface area contributed by atoms with Gasteiger partial charge in [0.15, 0.2) is 0 Å². The van der Waals surface area contributed by atoms with Gasteiger partial charge in [-0.25, -0.2) is 5.84 Å². The molecule has 0 atom stereocenters. The van der Waals surface area contributed by atoms with Crippen molar-refractivity contribution in [2.45, 2.75) is 20.8 Å². The Morgan fingerprint density at radius 1 is 0.967 bits per heavy atom. The molecular formula is C22H27N5O3. The number of carbonyl (C=O) groups excluding carboxylic acids is 3. The third-order valence-electron chi connectivity index (χ3n) is 4.42. The maximum Gasteiger partial charge on any atom is 0.281 e. The van der Waals surface area contributed by atoms with E-state index >= 15 is 0 Å². The largest absolute Gasteiger partial charge is 0.372 e. The molecule has 0 spiro atoms. The van der Waals surface area contributed by atoms with Gasteiger partial charge in [0.1, 0.15) is 5.70 Å². The van der Waals surface area contributed by atoms with Gasteiger partial charge in [0.25, 0.3) is 11.8 Å². The van der Waals surface area contributed by atoms with Gasteiger partial charge in [0.05, 0.1) is 0 Å². The maximum atomic E-state index is 12.6. The molecule has 5 N–H and O–H groups in total. The van der Waals surface area contributed by atoms with E-state index in [9.17, 15) is 14.4 Å². The minimum atomic E-state index is -0.619. The lowest BCUT2D eigenvalue weighted by atomic mass is 10.1. The minimum absolute atomic E-state index is 0.0176. The van der Waals surface area contributed by atoms with Crippen LogP contribution in [-0.2, 0) is 9.59 Å². The van der Waals surface area contributed by atoms with Gasteiger partial charge >= 0.3 is 0 Å². The summed E-state index contributed by atoms with van der Waals surface area (Å²) in [7, 11) is 0. The number of anilines is 2. The first-order valence-corrected chi connectivity index (χ1v) is 9.64. The molecule has 0 bridgehead atoms. The molecule has 2 aromatic rings. The molecule has 8 heteroatoms. The molecule has 0 radical (unpaired) electrons. The zero-order chi connectivity index (χ0) is 22.1. The summed E-state index contributed by atoms with van der Waals surface area (Å²) in [5.74, 6) is 3.97. The average Bonchev–Trinajstić information content (AvgIpc) is 2.74. The number of nitrogens with two attached hydrogens (primary N) is 1. The Morgan fingerprint density at radius 3 is 2.07 bits per heavy atom. The maximum absolute atomic E-state index is 12.6. The summed E-state index contributed by atoms with van der Waals surface area (Å²) in [6.45, 7) is 7.35. The van der Waals surface area contributed by atoms with E-state index < -0.39 is 11.8 Å². The van der Waals surface area contributed by atoms with Crippen molar-refractivity contribution < 1.29 is 14.4 Å². The molecule has 0 unspecified atom stereocenters. The van der Waals surface area contributed by atoms with Crippen molar-refractivity contribution in [2.24, 2.45) is 5.84 Å². The lowest BCUT2D eigenvalue weighted by Crippen LogP contribution is -2.38. The van der Waals surface area contributed by atoms with Gasteiger partial charge in [-0.15, -0.1) is 0 Å². The highest BCUT2D eigenvalue weighted by Crippen LogP contribution is 2.17. The molecular weight excluding hydrogens is 382 g/mol. The van der Waals surface area contributed by atoms with Gasteiger partial charge in [-0.2, -0.15) is 0 Å². The molecule has 0 saturated heterocycles. The Morgan fingerprint density at radius 2 is 1.57 bits per heavy atom. The van der Waals surface area contributed by atoms with Crippen LogP contribution in [0.4, 0.5) is 11.4 Å². The van der Waals surface area contributed by atoms with Gasteiger partial charge in [-0.05, 0) is 61.9 Å². The Balaban J connectivity index is 2.20. The van der Waals surface area contributed by atoms with Crippen LogP contribution in [0.5, 0.6) is 0 Å². The van der Waals surface area contributed by atoms with Crippen molar-refractivity contribution in [3.05, 3.63) is 65.4 Å². The van der Waals surface area contributed by atoms with Crippen molar-refractivity contribution in [3.8, 4) is 0 Å². The molecule has 0 saturated carbocycles. The van der Waals surface area contributed by atoms with E-state index in [-0.39, 0.29) is 11.6 Å². The van der Waals surface area contributed by atoms with E-state index in [1.165, 1.54) is 6.92 Å². The van der Waals surface area contributed by atoms with Gasteiger partial charge < -0.3 is 15.5 Å². The quantitative estimate of drug-likeness (QED) is 0.231. The number of hydrazine groups is 1. The first-order chi connectivity index (χ1) is 14.4. The van der Waals surface area contributed by atoms with Gasteiger partial charge in [-0.1, -0.05) is 12.1 Å². The summed E-state index contributed by atoms with van der Waals surface area (Å²) >= 11 is 0. The molecule has 0 heterocycles. The fourth-order valence-corrected chi connectivity index (χ4v) is 2.88. The average molecular weight is 409 g/mol. The van der Waals surface area contributed by atoms with Crippen LogP contribution in [0, 0.1) is 0 Å². The van der Waals surface area contributed by atoms with Crippen LogP contribution in [0.3, 0.4) is 0 Å². The van der Waals surface area contributed by atoms with Crippen LogP contribution < -0.4 is 26.8 Å². The molecule has 0 aliphatic heterocycles. The van der Waals surface area contributed by atoms with E-state index in [2.05, 4.69) is 29.4 Å². The molecule has 0 aromatic heterocycles. The second kappa shape index (κ2) is 10.8. The number of rotatable bonds is 8. The highest BCUT2D eigenvalue weighted by molar-refractivity contribution is 6.05. The third-order valence-corrected chi connectivity index (χ3v) is 4.42. The summed E-state index contributed by atoms with van der Waals surface area (Å²) < 4.78 is 0. The second-order valence-corrected chi connectivity index (χ2v) is 6.51. The fourth-order valence-electron chi connectivity index (χ4n) is 2.88. The Bertz CT molecular complexity index is 917. The number of hydrogen-bond acceptors (Lipinski definition) is 5. The zero-order valence-electron chi connectivity index (χ0n) is 17.4. The summed E-state index contributed by atoms with van der Waals surface area (Å²) in [5, 5.41) is 5.21. The number of hydrogen-bond donors (Lipinski definition) is 4. The van der Waals surface area contributed by atoms with Crippen molar-refractivity contribution >= 4 is 35.2 Å². The molecule has 2 rings (SSSR count). The Hall–Kier alpha value is -3.65. The topological polar surface area (TPSA) is 117 Å². The third kappa shape index (κ3) is 6.18. The van der Waals surface area contributed by atoms with Crippen LogP contribution in [-0.4, -0.2) is 30.8 Å². The van der Waals surface area contributed by atoms with Crippen LogP contribution >= 0.6 is 0 Å². The molecule has 2 aromatic carbocycles. The van der Waals surface area contributed by atoms with Crippen LogP contribution in [0.2, 0.25) is 0 Å². The van der Waals surface area contributed by atoms with E-state index in [0.717, 1.165) is 24.3 Å². The molecule has 8 nitrogen and oxygen atoms in total. The number of nitrogens with zero attached hydrogens (tertiary/aromatic N) is 1. The number of nitrogens with one attached hydrogen (secondary N) is 3. The highest BCUT2D eigenvalue weighted by Gasteiger charge is 2.14. The second-order valence-electron chi connectivity index (χ2n) is 6.51. The smallest absolute Gasteiger partial charge is 0.281 e. The summed E-state index contributed by atoms with van der Waals surface area (Å²) in [6.07, 6.45) is 1.55. The molecule has 0 aliphatic carbocycles. The minimum Gasteiger partial charge on any atom is -0.372 e. The lowest BCUT2D eigenvalue weighted by Gasteiger charge is -2.21. The van der Waals surface area contributed by atoms with Crippen molar-refractivity contribution in [2.75, 3.05) is 23.3 Å². The van der Waals surface area contributed by atoms with Gasteiger partial charge in [-0.3, -0.25) is 19.8 Å². The predicted octanol–water partition coefficient (Wildman–Crippen LogP) is 2.25. The van der Waals surface area contributed by atoms with E-state index in [1.54, 1.807) is 30.3 Å². The van der Waals surface area contributed by atoms with Gasteiger partial charge in [0, 0.05) is 37.0 Å². The van der Waals surface area contributed by atoms with E-state index in [4.69, 9.17) is 5.84 Å². The number of amides is 3. The predicted molar refractivity (Wildman–Crippen MR) is 119 cm³/mol. The van der Waals surface area contributed by atoms with Crippen molar-refractivity contribution in [1.29, 1.82) is 0 Å². The van der Waals surface area contributed by atoms with Crippen molar-refractivity contribution in [1.82, 2.24) is 10.7 Å². The highest BCUT2D eigenvalue weighted by atomic mass is 16.2. The van der Waals surface area contributed by atoms with E-state index in [1.807, 2.05) is 29.7 Å². The molecule has 0 fully saturated rings. The monoisotopic (exact) mass is 409 g/mol. The summed E-state index contributed by atoms with van der Waals surface area (Å²) in [4.78, 5) is 38.0. The van der Waals surface area contributed by atoms with Crippen molar-refractivity contribution in [3.63, 3.8) is 0 Å². The first-order valence-electron chi connectivity index (χ1n) is 9.64. The molecule has 30 heavy (non-hydrogen) atoms. The fraction of sp³-hybridized carbons (Fsp3) is 0.227. The normalized spacial score (nSPS) is 10.9. The van der Waals surface area contributed by atoms with Crippen LogP contribution in [0.1, 0.15) is 36.7 Å². The van der Waals surface area contributed by atoms with Crippen LogP contribution in [0.25, 0.3) is 6.08 Å². The molecule has 158 valence electrons. The molecule has 3 amide bonds. The lowest BCUT2D eigenvalue weighted by molar-refractivity contribution is -0.117. The summed E-state index contributed by atoms with van der Waals surface area (Å²) in [5.41, 5.74) is 4.78. The van der Waals surface area contributed by atoms with Gasteiger partial charge in [0.2, 0.25) is 5.91 Å². The Kier molecular flexibility index (Phi) is 8.13.